The highest BCUT2D eigenvalue weighted by Crippen LogP contribution is 2.20. The summed E-state index contributed by atoms with van der Waals surface area (Å²) in [6, 6.07) is -0.0471. The summed E-state index contributed by atoms with van der Waals surface area (Å²) in [5.74, 6) is -0.418. The van der Waals surface area contributed by atoms with Gasteiger partial charge in [-0.3, -0.25) is 4.79 Å². The summed E-state index contributed by atoms with van der Waals surface area (Å²) in [6.07, 6.45) is -2.53. The second-order valence-electron chi connectivity index (χ2n) is 4.53. The average molecular weight is 308 g/mol. The van der Waals surface area contributed by atoms with Crippen molar-refractivity contribution in [1.29, 1.82) is 0 Å². The van der Waals surface area contributed by atoms with Crippen molar-refractivity contribution in [2.24, 2.45) is 0 Å². The quantitative estimate of drug-likeness (QED) is 0.756. The molecule has 1 aromatic rings. The van der Waals surface area contributed by atoms with Gasteiger partial charge in [-0.1, -0.05) is 5.16 Å². The van der Waals surface area contributed by atoms with Gasteiger partial charge in [-0.25, -0.2) is 0 Å². The number of ether oxygens (including phenoxy) is 1. The number of amides is 1. The first-order valence-corrected chi connectivity index (χ1v) is 6.45. The molecule has 1 atom stereocenters. The fraction of sp³-hybridized carbons (Fsp3) is 0.727. The molecule has 118 valence electrons. The van der Waals surface area contributed by atoms with Gasteiger partial charge in [0.2, 0.25) is 5.89 Å². The van der Waals surface area contributed by atoms with Crippen molar-refractivity contribution in [2.75, 3.05) is 26.3 Å². The van der Waals surface area contributed by atoms with Crippen molar-refractivity contribution in [1.82, 2.24) is 20.8 Å². The molecule has 0 bridgehead atoms. The molecule has 1 amide bonds. The second kappa shape index (κ2) is 6.85. The highest BCUT2D eigenvalue weighted by Gasteiger charge is 2.27. The van der Waals surface area contributed by atoms with Crippen molar-refractivity contribution in [2.45, 2.75) is 25.1 Å². The topological polar surface area (TPSA) is 89.3 Å². The van der Waals surface area contributed by atoms with E-state index in [1.807, 2.05) is 0 Å². The summed E-state index contributed by atoms with van der Waals surface area (Å²) in [5.41, 5.74) is 0. The van der Waals surface area contributed by atoms with Gasteiger partial charge in [0.1, 0.15) is 6.61 Å². The Morgan fingerprint density at radius 3 is 3.00 bits per heavy atom. The largest absolute Gasteiger partial charge is 0.411 e. The molecule has 1 fully saturated rings. The Hall–Kier alpha value is -1.68. The Kier molecular flexibility index (Phi) is 5.12. The molecule has 7 nitrogen and oxygen atoms in total. The van der Waals surface area contributed by atoms with Gasteiger partial charge >= 0.3 is 6.18 Å². The minimum atomic E-state index is -4.37. The van der Waals surface area contributed by atoms with Crippen LogP contribution in [0.4, 0.5) is 13.2 Å². The molecule has 1 saturated heterocycles. The first-order valence-electron chi connectivity index (χ1n) is 6.45. The molecule has 1 aliphatic rings. The molecule has 0 aromatic carbocycles. The Balaban J connectivity index is 1.71. The minimum absolute atomic E-state index is 0.0471. The van der Waals surface area contributed by atoms with Crippen molar-refractivity contribution in [3.63, 3.8) is 0 Å². The average Bonchev–Trinajstić information content (AvgIpc) is 3.07. The maximum absolute atomic E-state index is 11.8. The van der Waals surface area contributed by atoms with Gasteiger partial charge in [-0.15, -0.1) is 0 Å². The van der Waals surface area contributed by atoms with Crippen LogP contribution in [0.15, 0.2) is 4.52 Å². The molecule has 1 aromatic heterocycles. The molecular weight excluding hydrogens is 293 g/mol. The third-order valence-electron chi connectivity index (χ3n) is 2.80. The van der Waals surface area contributed by atoms with Gasteiger partial charge in [0.15, 0.2) is 0 Å². The van der Waals surface area contributed by atoms with Gasteiger partial charge in [0, 0.05) is 6.54 Å². The number of carbonyl (C=O) groups is 1. The highest BCUT2D eigenvalue weighted by atomic mass is 19.4. The summed E-state index contributed by atoms with van der Waals surface area (Å²) in [6.45, 7) is -0.811. The van der Waals surface area contributed by atoms with Crippen LogP contribution >= 0.6 is 0 Å². The van der Waals surface area contributed by atoms with Gasteiger partial charge < -0.3 is 19.9 Å². The molecule has 2 rings (SSSR count). The molecule has 2 N–H and O–H groups in total. The number of carbonyl (C=O) groups excluding carboxylic acids is 1. The lowest BCUT2D eigenvalue weighted by Gasteiger charge is -2.07. The fourth-order valence-corrected chi connectivity index (χ4v) is 1.87. The number of alkyl halides is 3. The monoisotopic (exact) mass is 308 g/mol. The molecule has 0 spiro atoms. The van der Waals surface area contributed by atoms with E-state index in [0.29, 0.717) is 5.89 Å². The molecule has 21 heavy (non-hydrogen) atoms. The van der Waals surface area contributed by atoms with E-state index in [2.05, 4.69) is 25.5 Å². The number of nitrogens with zero attached hydrogens (tertiary/aromatic N) is 2. The molecule has 0 radical (unpaired) electrons. The standard InChI is InChI=1S/C11H15F3N4O3/c12-11(13,14)6-20-5-4-16-9(19)8-17-10(21-18-8)7-2-1-3-15-7/h7,15H,1-6H2,(H,16,19). The van der Waals surface area contributed by atoms with Crippen LogP contribution in [0, 0.1) is 0 Å². The van der Waals surface area contributed by atoms with Crippen molar-refractivity contribution in [3.05, 3.63) is 11.7 Å². The number of nitrogens with one attached hydrogen (secondary N) is 2. The number of aromatic nitrogens is 2. The molecule has 0 saturated carbocycles. The predicted octanol–water partition coefficient (Wildman–Crippen LogP) is 0.803. The molecule has 1 aliphatic heterocycles. The lowest BCUT2D eigenvalue weighted by Crippen LogP contribution is -2.29. The van der Waals surface area contributed by atoms with Crippen LogP contribution in [0.3, 0.4) is 0 Å². The summed E-state index contributed by atoms with van der Waals surface area (Å²) >= 11 is 0. The van der Waals surface area contributed by atoms with Crippen LogP contribution in [-0.4, -0.2) is 48.5 Å². The van der Waals surface area contributed by atoms with Crippen LogP contribution in [0.5, 0.6) is 0 Å². The van der Waals surface area contributed by atoms with Gasteiger partial charge in [0.05, 0.1) is 12.6 Å². The molecule has 2 heterocycles. The van der Waals surface area contributed by atoms with Crippen LogP contribution in [0.2, 0.25) is 0 Å². The maximum Gasteiger partial charge on any atom is 0.411 e. The first-order chi connectivity index (χ1) is 9.96. The van der Waals surface area contributed by atoms with Crippen LogP contribution in [0.25, 0.3) is 0 Å². The van der Waals surface area contributed by atoms with Crippen LogP contribution in [0.1, 0.15) is 35.4 Å². The van der Waals surface area contributed by atoms with E-state index in [9.17, 15) is 18.0 Å². The van der Waals surface area contributed by atoms with Gasteiger partial charge in [0.25, 0.3) is 11.7 Å². The van der Waals surface area contributed by atoms with E-state index in [4.69, 9.17) is 4.52 Å². The molecule has 0 aliphatic carbocycles. The van der Waals surface area contributed by atoms with Gasteiger partial charge in [-0.05, 0) is 19.4 Å². The second-order valence-corrected chi connectivity index (χ2v) is 4.53. The Labute approximate surface area is 118 Å². The molecular formula is C11H15F3N4O3. The number of hydrogen-bond donors (Lipinski definition) is 2. The first kappa shape index (κ1) is 15.7. The lowest BCUT2D eigenvalue weighted by atomic mass is 10.2. The zero-order valence-electron chi connectivity index (χ0n) is 11.1. The van der Waals surface area contributed by atoms with Crippen LogP contribution < -0.4 is 10.6 Å². The lowest BCUT2D eigenvalue weighted by molar-refractivity contribution is -0.173. The highest BCUT2D eigenvalue weighted by molar-refractivity contribution is 5.90. The third-order valence-corrected chi connectivity index (χ3v) is 2.80. The predicted molar refractivity (Wildman–Crippen MR) is 63.5 cm³/mol. The Morgan fingerprint density at radius 2 is 2.33 bits per heavy atom. The molecule has 10 heteroatoms. The SMILES string of the molecule is O=C(NCCOCC(F)(F)F)c1noc(C2CCCN2)n1. The van der Waals surface area contributed by atoms with E-state index in [1.54, 1.807) is 0 Å². The van der Waals surface area contributed by atoms with Gasteiger partial charge in [-0.2, -0.15) is 18.2 Å². The zero-order chi connectivity index (χ0) is 15.3. The summed E-state index contributed by atoms with van der Waals surface area (Å²) in [5, 5.41) is 9.04. The van der Waals surface area contributed by atoms with E-state index in [-0.39, 0.29) is 25.0 Å². The van der Waals surface area contributed by atoms with E-state index < -0.39 is 18.7 Å². The molecule has 1 unspecified atom stereocenters. The summed E-state index contributed by atoms with van der Waals surface area (Å²) in [7, 11) is 0. The van der Waals surface area contributed by atoms with E-state index in [1.165, 1.54) is 0 Å². The number of rotatable bonds is 6. The Bertz CT molecular complexity index is 472. The summed E-state index contributed by atoms with van der Waals surface area (Å²) in [4.78, 5) is 15.6. The fourth-order valence-electron chi connectivity index (χ4n) is 1.87. The van der Waals surface area contributed by atoms with Crippen LogP contribution in [-0.2, 0) is 4.74 Å². The summed E-state index contributed by atoms with van der Waals surface area (Å²) < 4.78 is 44.8. The zero-order valence-corrected chi connectivity index (χ0v) is 11.1. The third kappa shape index (κ3) is 4.97. The van der Waals surface area contributed by atoms with E-state index in [0.717, 1.165) is 19.4 Å². The smallest absolute Gasteiger partial charge is 0.370 e. The minimum Gasteiger partial charge on any atom is -0.370 e. The van der Waals surface area contributed by atoms with Crippen molar-refractivity contribution < 1.29 is 27.2 Å². The van der Waals surface area contributed by atoms with Crippen molar-refractivity contribution in [3.8, 4) is 0 Å². The maximum atomic E-state index is 11.8. The number of hydrogen-bond acceptors (Lipinski definition) is 6. The number of halogens is 3. The van der Waals surface area contributed by atoms with E-state index >= 15 is 0 Å². The Morgan fingerprint density at radius 1 is 1.52 bits per heavy atom. The normalized spacial score (nSPS) is 18.9. The van der Waals surface area contributed by atoms with Crippen molar-refractivity contribution >= 4 is 5.91 Å².